The monoisotopic (exact) mass is 438 g/mol. The van der Waals surface area contributed by atoms with E-state index in [2.05, 4.69) is 78.6 Å². The van der Waals surface area contributed by atoms with Gasteiger partial charge in [-0.25, -0.2) is 0 Å². The Balaban J connectivity index is 3.20. The average Bonchev–Trinajstić information content (AvgIpc) is 2.30. The largest absolute Gasteiger partial charge is 0.410 e. The fourth-order valence-electron chi connectivity index (χ4n) is 2.83. The Labute approximate surface area is 165 Å². The summed E-state index contributed by atoms with van der Waals surface area (Å²) < 4.78 is 32.2. The fourth-order valence-corrected chi connectivity index (χ4v) is 7.01. The Morgan fingerprint density at radius 2 is 0.923 bits per heavy atom. The van der Waals surface area contributed by atoms with Gasteiger partial charge in [0.25, 0.3) is 0 Å². The lowest BCUT2D eigenvalue weighted by Gasteiger charge is -2.48. The summed E-state index contributed by atoms with van der Waals surface area (Å²) in [5.41, 5.74) is 0. The van der Waals surface area contributed by atoms with Crippen LogP contribution in [-0.2, 0) is 22.4 Å². The zero-order chi connectivity index (χ0) is 20.6. The van der Waals surface area contributed by atoms with E-state index in [9.17, 15) is 0 Å². The van der Waals surface area contributed by atoms with Crippen molar-refractivity contribution in [2.45, 2.75) is 103 Å². The molecule has 0 aromatic carbocycles. The zero-order valence-corrected chi connectivity index (χ0v) is 23.1. The Bertz CT molecular complexity index is 406. The van der Waals surface area contributed by atoms with Gasteiger partial charge in [0.15, 0.2) is 39.6 Å². The fraction of sp³-hybridized carbons (Fsp3) is 1.00. The van der Waals surface area contributed by atoms with Crippen LogP contribution in [0.15, 0.2) is 0 Å². The van der Waals surface area contributed by atoms with E-state index < -0.39 is 33.3 Å². The Morgan fingerprint density at radius 3 is 1.31 bits per heavy atom. The second-order valence-corrected chi connectivity index (χ2v) is 28.9. The van der Waals surface area contributed by atoms with Gasteiger partial charge in [-0.15, -0.1) is 0 Å². The molecule has 156 valence electrons. The van der Waals surface area contributed by atoms with Gasteiger partial charge in [-0.1, -0.05) is 0 Å². The first kappa shape index (κ1) is 24.7. The topological polar surface area (TPSA) is 46.2 Å². The molecule has 26 heavy (non-hydrogen) atoms. The second-order valence-electron chi connectivity index (χ2n) is 11.1. The molecule has 0 aromatic rings. The molecule has 4 atom stereocenters. The van der Waals surface area contributed by atoms with Crippen molar-refractivity contribution in [3.63, 3.8) is 0 Å². The van der Waals surface area contributed by atoms with E-state index in [0.717, 1.165) is 0 Å². The van der Waals surface area contributed by atoms with Crippen LogP contribution in [0.2, 0.25) is 78.6 Å². The number of hydrogen-bond acceptors (Lipinski definition) is 5. The van der Waals surface area contributed by atoms with Crippen molar-refractivity contribution in [3.05, 3.63) is 0 Å². The van der Waals surface area contributed by atoms with Crippen LogP contribution >= 0.6 is 0 Å². The van der Waals surface area contributed by atoms with Crippen LogP contribution in [0, 0.1) is 0 Å². The van der Waals surface area contributed by atoms with Gasteiger partial charge in [0, 0.05) is 0 Å². The predicted octanol–water partition coefficient (Wildman–Crippen LogP) is 4.85. The molecule has 1 rings (SSSR count). The highest BCUT2D eigenvalue weighted by Gasteiger charge is 2.48. The number of hydrogen-bond donors (Lipinski definition) is 0. The van der Waals surface area contributed by atoms with Crippen molar-refractivity contribution in [2.24, 2.45) is 0 Å². The summed E-state index contributed by atoms with van der Waals surface area (Å²) in [7, 11) is -7.14. The summed E-state index contributed by atoms with van der Waals surface area (Å²) in [5.74, 6) is 0. The molecule has 1 fully saturated rings. The maximum atomic E-state index is 6.63. The molecule has 1 heterocycles. The van der Waals surface area contributed by atoms with E-state index in [0.29, 0.717) is 6.61 Å². The quantitative estimate of drug-likeness (QED) is 0.507. The first-order valence-electron chi connectivity index (χ1n) is 9.69. The Kier molecular flexibility index (Phi) is 8.15. The molecule has 0 amide bonds. The first-order chi connectivity index (χ1) is 11.4. The van der Waals surface area contributed by atoms with E-state index in [1.54, 1.807) is 0 Å². The molecule has 0 aromatic heterocycles. The second kappa shape index (κ2) is 8.58. The van der Waals surface area contributed by atoms with Crippen molar-refractivity contribution in [1.82, 2.24) is 0 Å². The van der Waals surface area contributed by atoms with Gasteiger partial charge in [0.1, 0.15) is 12.2 Å². The van der Waals surface area contributed by atoms with Gasteiger partial charge in [-0.05, 0) is 78.6 Å². The van der Waals surface area contributed by atoms with Gasteiger partial charge < -0.3 is 22.4 Å². The highest BCUT2D eigenvalue weighted by Crippen LogP contribution is 2.31. The van der Waals surface area contributed by atoms with Crippen LogP contribution in [0.1, 0.15) is 0 Å². The smallest absolute Gasteiger partial charge is 0.187 e. The van der Waals surface area contributed by atoms with Crippen LogP contribution in [0.4, 0.5) is 0 Å². The third-order valence-corrected chi connectivity index (χ3v) is 7.24. The standard InChI is InChI=1S/C17H42O5Si4/c1-23(2,3)19-14-13-18-17(22-26(10,11)12)16(21-25(7,8)9)15(14)20-24(4,5)6/h14-17H,13H2,1-12H3/t14-,15-,16+,17+/m1/s1. The van der Waals surface area contributed by atoms with Crippen molar-refractivity contribution in [3.8, 4) is 0 Å². The van der Waals surface area contributed by atoms with E-state index in [-0.39, 0.29) is 24.6 Å². The number of ether oxygens (including phenoxy) is 1. The van der Waals surface area contributed by atoms with Crippen LogP contribution in [0.3, 0.4) is 0 Å². The molecular formula is C17H42O5Si4. The molecule has 1 saturated heterocycles. The summed E-state index contributed by atoms with van der Waals surface area (Å²) in [5, 5.41) is 0. The molecular weight excluding hydrogens is 397 g/mol. The minimum Gasteiger partial charge on any atom is -0.410 e. The summed E-state index contributed by atoms with van der Waals surface area (Å²) in [6, 6.07) is 0. The van der Waals surface area contributed by atoms with Crippen molar-refractivity contribution in [1.29, 1.82) is 0 Å². The zero-order valence-electron chi connectivity index (χ0n) is 19.1. The lowest BCUT2D eigenvalue weighted by molar-refractivity contribution is -0.232. The maximum absolute atomic E-state index is 6.63. The maximum Gasteiger partial charge on any atom is 0.187 e. The normalized spacial score (nSPS) is 29.1. The molecule has 0 aliphatic carbocycles. The van der Waals surface area contributed by atoms with Crippen LogP contribution < -0.4 is 0 Å². The highest BCUT2D eigenvalue weighted by molar-refractivity contribution is 6.71. The van der Waals surface area contributed by atoms with Gasteiger partial charge in [0.05, 0.1) is 12.7 Å². The Hall–Kier alpha value is 0.668. The minimum absolute atomic E-state index is 0.101. The van der Waals surface area contributed by atoms with Gasteiger partial charge in [-0.2, -0.15) is 0 Å². The van der Waals surface area contributed by atoms with Crippen molar-refractivity contribution < 1.29 is 22.4 Å². The molecule has 0 saturated carbocycles. The third-order valence-electron chi connectivity index (χ3n) is 3.34. The van der Waals surface area contributed by atoms with Crippen molar-refractivity contribution in [2.75, 3.05) is 6.61 Å². The summed E-state index contributed by atoms with van der Waals surface area (Å²) >= 11 is 0. The SMILES string of the molecule is C[Si](C)(C)O[C@@H]1OC[C@@H](O[Si](C)(C)C)[C@@H](O[Si](C)(C)C)[C@@H]1O[Si](C)(C)C. The first-order valence-corrected chi connectivity index (χ1v) is 23.3. The van der Waals surface area contributed by atoms with E-state index in [1.807, 2.05) is 0 Å². The van der Waals surface area contributed by atoms with E-state index >= 15 is 0 Å². The summed E-state index contributed by atoms with van der Waals surface area (Å²) in [6.45, 7) is 26.9. The highest BCUT2D eigenvalue weighted by atomic mass is 28.4. The van der Waals surface area contributed by atoms with E-state index in [1.165, 1.54) is 0 Å². The van der Waals surface area contributed by atoms with Gasteiger partial charge in [0.2, 0.25) is 0 Å². The minimum atomic E-state index is -1.82. The Morgan fingerprint density at radius 1 is 0.538 bits per heavy atom. The van der Waals surface area contributed by atoms with Crippen LogP contribution in [0.5, 0.6) is 0 Å². The van der Waals surface area contributed by atoms with E-state index in [4.69, 9.17) is 22.4 Å². The molecule has 0 spiro atoms. The van der Waals surface area contributed by atoms with Crippen molar-refractivity contribution >= 4 is 33.3 Å². The number of rotatable bonds is 8. The van der Waals surface area contributed by atoms with Crippen LogP contribution in [0.25, 0.3) is 0 Å². The molecule has 9 heteroatoms. The van der Waals surface area contributed by atoms with Crippen LogP contribution in [-0.4, -0.2) is 64.5 Å². The summed E-state index contributed by atoms with van der Waals surface area (Å²) in [4.78, 5) is 0. The lowest BCUT2D eigenvalue weighted by atomic mass is 10.1. The average molecular weight is 439 g/mol. The molecule has 0 bridgehead atoms. The lowest BCUT2D eigenvalue weighted by Crippen LogP contribution is -2.63. The molecule has 0 N–H and O–H groups in total. The molecule has 5 nitrogen and oxygen atoms in total. The third kappa shape index (κ3) is 9.74. The molecule has 1 aliphatic rings. The molecule has 0 unspecified atom stereocenters. The predicted molar refractivity (Wildman–Crippen MR) is 119 cm³/mol. The molecule has 1 aliphatic heterocycles. The summed E-state index contributed by atoms with van der Waals surface area (Å²) in [6.07, 6.45) is -0.863. The van der Waals surface area contributed by atoms with Gasteiger partial charge >= 0.3 is 0 Å². The van der Waals surface area contributed by atoms with Gasteiger partial charge in [-0.3, -0.25) is 0 Å². The molecule has 0 radical (unpaired) electrons.